The van der Waals surface area contributed by atoms with Crippen molar-refractivity contribution >= 4 is 45.1 Å². The van der Waals surface area contributed by atoms with E-state index in [-0.39, 0.29) is 21.4 Å². The molecule has 0 unspecified atom stereocenters. The SMILES string of the molecule is CC(=O)Oc1c(NS(C)(=O)=O)oc(-c2cc(Cl)cc(Cl)c2)c1O. The number of rotatable bonds is 4. The van der Waals surface area contributed by atoms with E-state index in [1.54, 1.807) is 0 Å². The molecule has 0 aliphatic heterocycles. The second kappa shape index (κ2) is 6.31. The maximum absolute atomic E-state index is 11.4. The monoisotopic (exact) mass is 379 g/mol. The number of aromatic hydroxyl groups is 1. The van der Waals surface area contributed by atoms with Gasteiger partial charge in [-0.3, -0.25) is 9.52 Å². The Balaban J connectivity index is 2.63. The van der Waals surface area contributed by atoms with Gasteiger partial charge in [0.05, 0.1) is 6.26 Å². The third kappa shape index (κ3) is 4.31. The fourth-order valence-electron chi connectivity index (χ4n) is 1.76. The van der Waals surface area contributed by atoms with Crippen molar-refractivity contribution in [3.05, 3.63) is 28.2 Å². The first-order valence-corrected chi connectivity index (χ1v) is 8.70. The number of hydrogen-bond acceptors (Lipinski definition) is 6. The molecule has 1 aromatic carbocycles. The predicted molar refractivity (Wildman–Crippen MR) is 85.6 cm³/mol. The summed E-state index contributed by atoms with van der Waals surface area (Å²) in [6, 6.07) is 4.34. The van der Waals surface area contributed by atoms with Crippen molar-refractivity contribution in [1.82, 2.24) is 0 Å². The molecule has 2 rings (SSSR count). The molecule has 0 fully saturated rings. The Bertz CT molecular complexity index is 855. The number of esters is 1. The molecule has 124 valence electrons. The van der Waals surface area contributed by atoms with Crippen LogP contribution in [0.15, 0.2) is 22.6 Å². The van der Waals surface area contributed by atoms with Crippen LogP contribution in [0.25, 0.3) is 11.3 Å². The van der Waals surface area contributed by atoms with Crippen molar-refractivity contribution in [3.8, 4) is 22.8 Å². The molecular formula is C13H11Cl2NO6S. The molecule has 0 amide bonds. The van der Waals surface area contributed by atoms with E-state index in [9.17, 15) is 18.3 Å². The molecule has 0 bridgehead atoms. The summed E-state index contributed by atoms with van der Waals surface area (Å²) in [6.07, 6.45) is 0.875. The Hall–Kier alpha value is -1.90. The first-order valence-electron chi connectivity index (χ1n) is 6.05. The van der Waals surface area contributed by atoms with E-state index in [0.29, 0.717) is 0 Å². The number of anilines is 1. The maximum Gasteiger partial charge on any atom is 0.308 e. The lowest BCUT2D eigenvalue weighted by atomic mass is 10.1. The zero-order valence-electron chi connectivity index (χ0n) is 11.9. The van der Waals surface area contributed by atoms with Gasteiger partial charge in [0.1, 0.15) is 0 Å². The van der Waals surface area contributed by atoms with Gasteiger partial charge in [-0.05, 0) is 18.2 Å². The molecular weight excluding hydrogens is 369 g/mol. The zero-order valence-corrected chi connectivity index (χ0v) is 14.2. The van der Waals surface area contributed by atoms with Crippen LogP contribution in [0.4, 0.5) is 5.88 Å². The molecule has 0 aliphatic rings. The fraction of sp³-hybridized carbons (Fsp3) is 0.154. The minimum Gasteiger partial charge on any atom is -0.502 e. The van der Waals surface area contributed by atoms with Crippen LogP contribution < -0.4 is 9.46 Å². The molecule has 1 aromatic heterocycles. The van der Waals surface area contributed by atoms with Gasteiger partial charge in [0.2, 0.25) is 21.5 Å². The zero-order chi connectivity index (χ0) is 17.4. The van der Waals surface area contributed by atoms with Crippen LogP contribution in [0.5, 0.6) is 11.5 Å². The molecule has 23 heavy (non-hydrogen) atoms. The summed E-state index contributed by atoms with van der Waals surface area (Å²) in [5.41, 5.74) is 0.273. The molecule has 0 spiro atoms. The Morgan fingerprint density at radius 3 is 2.30 bits per heavy atom. The van der Waals surface area contributed by atoms with Gasteiger partial charge in [0, 0.05) is 22.5 Å². The second-order valence-electron chi connectivity index (χ2n) is 4.56. The van der Waals surface area contributed by atoms with Gasteiger partial charge in [-0.15, -0.1) is 0 Å². The summed E-state index contributed by atoms with van der Waals surface area (Å²) in [5.74, 6) is -2.38. The number of sulfonamides is 1. The third-order valence-corrected chi connectivity index (χ3v) is 3.48. The highest BCUT2D eigenvalue weighted by Crippen LogP contribution is 2.47. The number of nitrogens with one attached hydrogen (secondary N) is 1. The van der Waals surface area contributed by atoms with Gasteiger partial charge in [-0.1, -0.05) is 23.2 Å². The third-order valence-electron chi connectivity index (χ3n) is 2.49. The average molecular weight is 380 g/mol. The van der Waals surface area contributed by atoms with Crippen LogP contribution in [0.2, 0.25) is 10.0 Å². The summed E-state index contributed by atoms with van der Waals surface area (Å²) in [4.78, 5) is 11.1. The molecule has 0 aliphatic carbocycles. The van der Waals surface area contributed by atoms with E-state index >= 15 is 0 Å². The fourth-order valence-corrected chi connectivity index (χ4v) is 2.76. The van der Waals surface area contributed by atoms with Gasteiger partial charge >= 0.3 is 5.97 Å². The van der Waals surface area contributed by atoms with Gasteiger partial charge in [0.25, 0.3) is 5.88 Å². The summed E-state index contributed by atoms with van der Waals surface area (Å²) >= 11 is 11.8. The highest BCUT2D eigenvalue weighted by atomic mass is 35.5. The number of carbonyl (C=O) groups excluding carboxylic acids is 1. The number of hydrogen-bond donors (Lipinski definition) is 2. The van der Waals surface area contributed by atoms with Crippen LogP contribution in [-0.4, -0.2) is 25.7 Å². The summed E-state index contributed by atoms with van der Waals surface area (Å²) in [5, 5.41) is 10.7. The lowest BCUT2D eigenvalue weighted by Gasteiger charge is -2.02. The number of halogens is 2. The second-order valence-corrected chi connectivity index (χ2v) is 7.19. The first kappa shape index (κ1) is 17.5. The van der Waals surface area contributed by atoms with Crippen molar-refractivity contribution < 1.29 is 27.5 Å². The van der Waals surface area contributed by atoms with Gasteiger partial charge < -0.3 is 14.3 Å². The molecule has 1 heterocycles. The standard InChI is InChI=1S/C13H11Cl2NO6S/c1-6(17)21-12-10(18)11(22-13(12)16-23(2,19)20)7-3-8(14)5-9(15)4-7/h3-5,16,18H,1-2H3. The Morgan fingerprint density at radius 2 is 1.83 bits per heavy atom. The molecule has 10 heteroatoms. The van der Waals surface area contributed by atoms with E-state index < -0.39 is 33.4 Å². The van der Waals surface area contributed by atoms with Gasteiger partial charge in [-0.25, -0.2) is 8.42 Å². The Morgan fingerprint density at radius 1 is 1.26 bits per heavy atom. The number of carbonyl (C=O) groups is 1. The van der Waals surface area contributed by atoms with Crippen LogP contribution in [0.3, 0.4) is 0 Å². The largest absolute Gasteiger partial charge is 0.502 e. The van der Waals surface area contributed by atoms with Gasteiger partial charge in [0.15, 0.2) is 5.76 Å². The molecule has 7 nitrogen and oxygen atoms in total. The van der Waals surface area contributed by atoms with E-state index in [1.807, 2.05) is 4.72 Å². The Kier molecular flexibility index (Phi) is 4.79. The van der Waals surface area contributed by atoms with E-state index in [2.05, 4.69) is 0 Å². The number of furan rings is 1. The number of benzene rings is 1. The van der Waals surface area contributed by atoms with Crippen molar-refractivity contribution in [2.24, 2.45) is 0 Å². The average Bonchev–Trinajstić information content (AvgIpc) is 2.64. The molecule has 0 radical (unpaired) electrons. The quantitative estimate of drug-likeness (QED) is 0.789. The molecule has 2 N–H and O–H groups in total. The highest BCUT2D eigenvalue weighted by molar-refractivity contribution is 7.92. The Labute approximate surface area is 141 Å². The summed E-state index contributed by atoms with van der Waals surface area (Å²) in [7, 11) is -3.74. The van der Waals surface area contributed by atoms with Crippen molar-refractivity contribution in [3.63, 3.8) is 0 Å². The van der Waals surface area contributed by atoms with Crippen LogP contribution in [0, 0.1) is 0 Å². The van der Waals surface area contributed by atoms with E-state index in [0.717, 1.165) is 13.2 Å². The maximum atomic E-state index is 11.4. The lowest BCUT2D eigenvalue weighted by molar-refractivity contribution is -0.131. The lowest BCUT2D eigenvalue weighted by Crippen LogP contribution is -2.11. The smallest absolute Gasteiger partial charge is 0.308 e. The van der Waals surface area contributed by atoms with Crippen LogP contribution in [-0.2, 0) is 14.8 Å². The van der Waals surface area contributed by atoms with E-state index in [1.165, 1.54) is 18.2 Å². The molecule has 2 aromatic rings. The molecule has 0 atom stereocenters. The van der Waals surface area contributed by atoms with Crippen molar-refractivity contribution in [1.29, 1.82) is 0 Å². The van der Waals surface area contributed by atoms with Crippen LogP contribution in [0.1, 0.15) is 6.92 Å². The number of ether oxygens (including phenoxy) is 1. The normalized spacial score (nSPS) is 11.3. The van der Waals surface area contributed by atoms with Crippen LogP contribution >= 0.6 is 23.2 Å². The minimum atomic E-state index is -3.74. The van der Waals surface area contributed by atoms with Crippen molar-refractivity contribution in [2.45, 2.75) is 6.92 Å². The van der Waals surface area contributed by atoms with Crippen molar-refractivity contribution in [2.75, 3.05) is 11.0 Å². The topological polar surface area (TPSA) is 106 Å². The summed E-state index contributed by atoms with van der Waals surface area (Å²) in [6.45, 7) is 1.09. The molecule has 0 saturated carbocycles. The highest BCUT2D eigenvalue weighted by Gasteiger charge is 2.26. The van der Waals surface area contributed by atoms with E-state index in [4.69, 9.17) is 32.4 Å². The molecule has 0 saturated heterocycles. The van der Waals surface area contributed by atoms with Gasteiger partial charge in [-0.2, -0.15) is 0 Å². The summed E-state index contributed by atoms with van der Waals surface area (Å²) < 4.78 is 34.8. The minimum absolute atomic E-state index is 0.156. The first-order chi connectivity index (χ1) is 10.6. The predicted octanol–water partition coefficient (Wildman–Crippen LogP) is 3.26.